The second-order valence-corrected chi connectivity index (χ2v) is 5.27. The monoisotopic (exact) mass is 441 g/mol. The Kier molecular flexibility index (Phi) is 9.88. The fraction of sp³-hybridized carbons (Fsp3) is 0.211. The van der Waals surface area contributed by atoms with Gasteiger partial charge in [0.05, 0.1) is 25.6 Å². The molecule has 9 heteroatoms. The first-order valence-electron chi connectivity index (χ1n) is 7.43. The number of methoxy groups -OCH3 is 2. The molecule has 2 rings (SSSR count). The number of aliphatic imine (C=N–C) groups is 2. The number of hydrogen-bond acceptors (Lipinski definition) is 4. The predicted octanol–water partition coefficient (Wildman–Crippen LogP) is 5.59. The van der Waals surface area contributed by atoms with Gasteiger partial charge < -0.3 is 16.9 Å². The maximum atomic E-state index is 14.0. The number of nitrogens with zero attached hydrogens (tertiary/aromatic N) is 2. The van der Waals surface area contributed by atoms with E-state index >= 15 is 0 Å². The van der Waals surface area contributed by atoms with E-state index in [2.05, 4.69) is 9.98 Å². The van der Waals surface area contributed by atoms with Crippen LogP contribution in [0.5, 0.6) is 11.5 Å². The van der Waals surface area contributed by atoms with E-state index in [1.165, 1.54) is 28.1 Å². The molecule has 0 aromatic heterocycles. The zero-order valence-electron chi connectivity index (χ0n) is 15.8. The average Bonchev–Trinajstić information content (AvgIpc) is 2.60. The molecule has 0 unspecified atom stereocenters. The standard InChI is InChI=1S/C18H16F4N2O2.CH3.Ni/c1-9(23-17-13(19)5-11(25-3)6-14(17)20)10(2)24-18-15(21)7-12(26-4)8-16(18)22;;/h5-8H,1-4H3;1H3;/q;-1;. The number of rotatable bonds is 5. The topological polar surface area (TPSA) is 43.2 Å². The van der Waals surface area contributed by atoms with Gasteiger partial charge in [-0.3, -0.25) is 0 Å². The molecule has 2 aromatic carbocycles. The minimum atomic E-state index is -0.934. The molecule has 0 saturated heterocycles. The Labute approximate surface area is 171 Å². The summed E-state index contributed by atoms with van der Waals surface area (Å²) in [5.74, 6) is -3.73. The van der Waals surface area contributed by atoms with Crippen molar-refractivity contribution in [2.45, 2.75) is 13.8 Å². The molecule has 0 aliphatic heterocycles. The summed E-state index contributed by atoms with van der Waals surface area (Å²) in [5.41, 5.74) is -0.924. The van der Waals surface area contributed by atoms with Crippen molar-refractivity contribution in [3.8, 4) is 11.5 Å². The van der Waals surface area contributed by atoms with Gasteiger partial charge in [0.2, 0.25) is 0 Å². The van der Waals surface area contributed by atoms with Crippen molar-refractivity contribution >= 4 is 22.8 Å². The van der Waals surface area contributed by atoms with Crippen LogP contribution >= 0.6 is 0 Å². The van der Waals surface area contributed by atoms with Gasteiger partial charge in [-0.1, -0.05) is 0 Å². The van der Waals surface area contributed by atoms with Gasteiger partial charge in [-0.15, -0.1) is 0 Å². The van der Waals surface area contributed by atoms with Gasteiger partial charge >= 0.3 is 0 Å². The minimum Gasteiger partial charge on any atom is -0.497 e. The van der Waals surface area contributed by atoms with Gasteiger partial charge in [-0.05, 0) is 13.8 Å². The maximum Gasteiger partial charge on any atom is 0.155 e. The normalized spacial score (nSPS) is 11.4. The Balaban J connectivity index is 0.00000364. The van der Waals surface area contributed by atoms with E-state index in [0.717, 1.165) is 24.3 Å². The van der Waals surface area contributed by atoms with Crippen LogP contribution in [0.15, 0.2) is 34.3 Å². The van der Waals surface area contributed by atoms with Gasteiger partial charge in [-0.2, -0.15) is 0 Å². The minimum absolute atomic E-state index is 0. The summed E-state index contributed by atoms with van der Waals surface area (Å²) in [6.07, 6.45) is 0. The Morgan fingerprint density at radius 2 is 0.929 bits per heavy atom. The van der Waals surface area contributed by atoms with E-state index < -0.39 is 34.6 Å². The third-order valence-electron chi connectivity index (χ3n) is 3.53. The van der Waals surface area contributed by atoms with Crippen molar-refractivity contribution in [3.63, 3.8) is 0 Å². The van der Waals surface area contributed by atoms with Crippen LogP contribution in [0.4, 0.5) is 28.9 Å². The molecule has 0 bridgehead atoms. The second kappa shape index (κ2) is 10.8. The molecule has 4 nitrogen and oxygen atoms in total. The fourth-order valence-corrected chi connectivity index (χ4v) is 2.03. The van der Waals surface area contributed by atoms with Crippen LogP contribution in [-0.2, 0) is 16.5 Å². The molecule has 0 N–H and O–H groups in total. The molecule has 0 heterocycles. The first-order chi connectivity index (χ1) is 12.3. The third-order valence-corrected chi connectivity index (χ3v) is 3.53. The van der Waals surface area contributed by atoms with Crippen molar-refractivity contribution in [1.82, 2.24) is 0 Å². The molecule has 0 saturated carbocycles. The van der Waals surface area contributed by atoms with E-state index in [1.54, 1.807) is 0 Å². The Morgan fingerprint density at radius 3 is 1.14 bits per heavy atom. The van der Waals surface area contributed by atoms with Crippen LogP contribution in [0.3, 0.4) is 0 Å². The zero-order valence-corrected chi connectivity index (χ0v) is 16.8. The number of halogens is 4. The van der Waals surface area contributed by atoms with Gasteiger partial charge in [0.15, 0.2) is 23.3 Å². The molecule has 0 spiro atoms. The van der Waals surface area contributed by atoms with Crippen LogP contribution < -0.4 is 9.47 Å². The van der Waals surface area contributed by atoms with Gasteiger partial charge in [0.1, 0.15) is 22.9 Å². The summed E-state index contributed by atoms with van der Waals surface area (Å²) in [4.78, 5) is 7.67. The molecular weight excluding hydrogens is 423 g/mol. The Hall–Kier alpha value is -2.41. The largest absolute Gasteiger partial charge is 0.497 e. The molecule has 0 amide bonds. The van der Waals surface area contributed by atoms with Crippen molar-refractivity contribution < 1.29 is 43.5 Å². The van der Waals surface area contributed by atoms with Gasteiger partial charge in [0.25, 0.3) is 0 Å². The average molecular weight is 442 g/mol. The SMILES string of the molecule is COc1cc(F)c(N=C(C)C(C)=Nc2c(F)cc(OC)cc2F)c(F)c1.[CH3-].[Ni]. The molecule has 0 aliphatic rings. The van der Waals surface area contributed by atoms with Crippen molar-refractivity contribution in [2.24, 2.45) is 9.98 Å². The van der Waals surface area contributed by atoms with Gasteiger partial charge in [-0.25, -0.2) is 27.5 Å². The molecule has 0 atom stereocenters. The molecule has 156 valence electrons. The summed E-state index contributed by atoms with van der Waals surface area (Å²) >= 11 is 0. The first kappa shape index (κ1) is 25.6. The summed E-state index contributed by atoms with van der Waals surface area (Å²) < 4.78 is 65.4. The third kappa shape index (κ3) is 5.79. The summed E-state index contributed by atoms with van der Waals surface area (Å²) in [6.45, 7) is 2.84. The van der Waals surface area contributed by atoms with E-state index in [0.29, 0.717) is 0 Å². The summed E-state index contributed by atoms with van der Waals surface area (Å²) in [6, 6.07) is 3.91. The predicted molar refractivity (Wildman–Crippen MR) is 97.8 cm³/mol. The van der Waals surface area contributed by atoms with Crippen LogP contribution in [0, 0.1) is 30.7 Å². The quantitative estimate of drug-likeness (QED) is 0.262. The number of hydrogen-bond donors (Lipinski definition) is 0. The van der Waals surface area contributed by atoms with Crippen LogP contribution in [0.25, 0.3) is 0 Å². The molecule has 0 fully saturated rings. The first-order valence-corrected chi connectivity index (χ1v) is 7.43. The van der Waals surface area contributed by atoms with Crippen LogP contribution in [-0.4, -0.2) is 25.6 Å². The molecule has 0 radical (unpaired) electrons. The number of benzene rings is 2. The molecular formula is C19H19F4N2NiO2-. The fourth-order valence-electron chi connectivity index (χ4n) is 2.03. The van der Waals surface area contributed by atoms with Crippen molar-refractivity contribution in [2.75, 3.05) is 14.2 Å². The summed E-state index contributed by atoms with van der Waals surface area (Å²) in [5, 5.41) is 0. The van der Waals surface area contributed by atoms with E-state index in [9.17, 15) is 17.6 Å². The van der Waals surface area contributed by atoms with Crippen molar-refractivity contribution in [3.05, 3.63) is 55.0 Å². The van der Waals surface area contributed by atoms with Crippen LogP contribution in [0.2, 0.25) is 0 Å². The van der Waals surface area contributed by atoms with E-state index in [4.69, 9.17) is 9.47 Å². The smallest absolute Gasteiger partial charge is 0.155 e. The molecule has 0 aliphatic carbocycles. The maximum absolute atomic E-state index is 14.0. The Bertz CT molecular complexity index is 782. The summed E-state index contributed by atoms with van der Waals surface area (Å²) in [7, 11) is 2.55. The molecule has 2 aromatic rings. The van der Waals surface area contributed by atoms with Gasteiger partial charge in [0, 0.05) is 40.8 Å². The Morgan fingerprint density at radius 1 is 0.679 bits per heavy atom. The van der Waals surface area contributed by atoms with Crippen molar-refractivity contribution in [1.29, 1.82) is 0 Å². The zero-order chi connectivity index (χ0) is 19.4. The van der Waals surface area contributed by atoms with E-state index in [-0.39, 0.29) is 46.8 Å². The van der Waals surface area contributed by atoms with E-state index in [1.807, 2.05) is 0 Å². The molecule has 28 heavy (non-hydrogen) atoms. The second-order valence-electron chi connectivity index (χ2n) is 5.27. The van der Waals surface area contributed by atoms with Crippen LogP contribution in [0.1, 0.15) is 13.8 Å². The number of ether oxygens (including phenoxy) is 2.